The maximum atomic E-state index is 13.9. The van der Waals surface area contributed by atoms with Crippen LogP contribution in [0.15, 0.2) is 147 Å². The van der Waals surface area contributed by atoms with Gasteiger partial charge in [-0.25, -0.2) is 8.42 Å². The molecule has 212 valence electrons. The third-order valence-electron chi connectivity index (χ3n) is 8.71. The van der Waals surface area contributed by atoms with Gasteiger partial charge in [-0.1, -0.05) is 72.8 Å². The smallest absolute Gasteiger partial charge is 0.208 e. The summed E-state index contributed by atoms with van der Waals surface area (Å²) < 4.78 is 46.3. The fraction of sp³-hybridized carbons (Fsp3) is 0. The summed E-state index contributed by atoms with van der Waals surface area (Å²) in [7, 11) is -6.89. The summed E-state index contributed by atoms with van der Waals surface area (Å²) in [5.41, 5.74) is 5.00. The molecule has 1 aliphatic heterocycles. The van der Waals surface area contributed by atoms with Crippen LogP contribution in [0.3, 0.4) is 0 Å². The Kier molecular flexibility index (Phi) is 5.23. The number of benzene rings is 6. The molecule has 0 saturated carbocycles. The van der Waals surface area contributed by atoms with Crippen LogP contribution in [0.5, 0.6) is 0 Å². The van der Waals surface area contributed by atoms with Gasteiger partial charge in [-0.2, -0.15) is 0 Å². The second-order valence-electron chi connectivity index (χ2n) is 11.1. The van der Waals surface area contributed by atoms with E-state index in [4.69, 9.17) is 0 Å². The van der Waals surface area contributed by atoms with Gasteiger partial charge in [0.25, 0.3) is 0 Å². The lowest BCUT2D eigenvalue weighted by Gasteiger charge is -2.24. The lowest BCUT2D eigenvalue weighted by molar-refractivity contribution is 0.588. The predicted octanol–water partition coefficient (Wildman–Crippen LogP) is 9.10. The average Bonchev–Trinajstić information content (AvgIpc) is 3.60. The number of hydrogen-bond donors (Lipinski definition) is 0. The molecule has 0 amide bonds. The first-order valence-corrected chi connectivity index (χ1v) is 18.2. The van der Waals surface area contributed by atoms with E-state index < -0.39 is 19.4 Å². The number of rotatable bonds is 2. The summed E-state index contributed by atoms with van der Waals surface area (Å²) in [4.78, 5) is 0.653. The van der Waals surface area contributed by atoms with Crippen molar-refractivity contribution < 1.29 is 12.6 Å². The molecule has 1 atom stereocenters. The zero-order valence-electron chi connectivity index (χ0n) is 23.2. The lowest BCUT2D eigenvalue weighted by atomic mass is 9.98. The Morgan fingerprint density at radius 1 is 0.545 bits per heavy atom. The molecule has 6 aromatic carbocycles. The number of sulfone groups is 1. The summed E-state index contributed by atoms with van der Waals surface area (Å²) in [6.07, 6.45) is 0. The molecular formula is C37H23NO3S3. The van der Waals surface area contributed by atoms with Crippen LogP contribution < -0.4 is 0 Å². The second kappa shape index (κ2) is 8.92. The molecule has 44 heavy (non-hydrogen) atoms. The maximum absolute atomic E-state index is 13.9. The molecule has 1 aliphatic rings. The molecule has 9 rings (SSSR count). The number of nitrogens with zero attached hydrogens (tertiary/aromatic N) is 1. The molecule has 0 radical (unpaired) electrons. The van der Waals surface area contributed by atoms with E-state index in [1.54, 1.807) is 41.7 Å². The van der Waals surface area contributed by atoms with E-state index in [0.29, 0.717) is 0 Å². The third kappa shape index (κ3) is 3.34. The van der Waals surface area contributed by atoms with Gasteiger partial charge in [-0.3, -0.25) is 4.21 Å². The molecule has 4 nitrogen and oxygen atoms in total. The van der Waals surface area contributed by atoms with Crippen molar-refractivity contribution >= 4 is 78.5 Å². The predicted molar refractivity (Wildman–Crippen MR) is 183 cm³/mol. The van der Waals surface area contributed by atoms with Gasteiger partial charge in [0.2, 0.25) is 9.84 Å². The van der Waals surface area contributed by atoms with E-state index >= 15 is 0 Å². The monoisotopic (exact) mass is 625 g/mol. The van der Waals surface area contributed by atoms with Gasteiger partial charge in [-0.15, -0.1) is 11.3 Å². The van der Waals surface area contributed by atoms with Crippen molar-refractivity contribution in [2.75, 3.05) is 0 Å². The topological polar surface area (TPSA) is 56.1 Å². The minimum Gasteiger partial charge on any atom is -0.309 e. The summed E-state index contributed by atoms with van der Waals surface area (Å²) in [5.74, 6) is 4.01. The molecule has 0 aliphatic carbocycles. The highest BCUT2D eigenvalue weighted by Crippen LogP contribution is 2.46. The Morgan fingerprint density at radius 3 is 1.86 bits per heavy atom. The Hall–Kier alpha value is -4.69. The Labute approximate surface area is 258 Å². The molecule has 2 aromatic heterocycles. The van der Waals surface area contributed by atoms with Crippen LogP contribution in [-0.2, 0) is 19.4 Å². The highest BCUT2D eigenvalue weighted by molar-refractivity contribution is 8.03. The van der Waals surface area contributed by atoms with E-state index in [1.165, 1.54) is 16.8 Å². The Morgan fingerprint density at radius 2 is 1.14 bits per heavy atom. The number of hydrogen-bond acceptors (Lipinski definition) is 4. The summed E-state index contributed by atoms with van der Waals surface area (Å²) in [6.45, 7) is 0. The summed E-state index contributed by atoms with van der Waals surface area (Å²) in [6, 6.07) is 41.3. The van der Waals surface area contributed by atoms with Crippen molar-refractivity contribution in [1.29, 1.82) is 0 Å². The van der Waals surface area contributed by atoms with Crippen molar-refractivity contribution in [2.45, 2.75) is 19.6 Å². The first kappa shape index (κ1) is 25.8. The summed E-state index contributed by atoms with van der Waals surface area (Å²) in [5, 5.41) is 4.56. The van der Waals surface area contributed by atoms with Gasteiger partial charge >= 0.3 is 0 Å². The van der Waals surface area contributed by atoms with Crippen molar-refractivity contribution in [3.63, 3.8) is 0 Å². The van der Waals surface area contributed by atoms with Crippen LogP contribution in [-0.4, -0.2) is 23.1 Å². The van der Waals surface area contributed by atoms with Crippen LogP contribution in [0.25, 0.3) is 58.8 Å². The number of aromatic nitrogens is 1. The fourth-order valence-corrected chi connectivity index (χ4v) is 12.5. The van der Waals surface area contributed by atoms with Crippen LogP contribution in [0.1, 0.15) is 0 Å². The van der Waals surface area contributed by atoms with E-state index in [9.17, 15) is 12.6 Å². The molecule has 8 aromatic rings. The highest BCUT2D eigenvalue weighted by atomic mass is 32.2. The molecule has 0 saturated heterocycles. The first-order chi connectivity index (χ1) is 21.4. The lowest BCUT2D eigenvalue weighted by Crippen LogP contribution is -2.19. The zero-order valence-corrected chi connectivity index (χ0v) is 25.7. The van der Waals surface area contributed by atoms with Crippen molar-refractivity contribution in [3.8, 4) is 16.8 Å². The van der Waals surface area contributed by atoms with Crippen LogP contribution in [0.2, 0.25) is 0 Å². The molecule has 1 unspecified atom stereocenters. The van der Waals surface area contributed by atoms with E-state index in [1.807, 2.05) is 18.2 Å². The van der Waals surface area contributed by atoms with Crippen molar-refractivity contribution in [2.24, 2.45) is 0 Å². The number of para-hydroxylation sites is 2. The first-order valence-electron chi connectivity index (χ1n) is 14.1. The van der Waals surface area contributed by atoms with E-state index in [-0.39, 0.29) is 19.6 Å². The van der Waals surface area contributed by atoms with Crippen LogP contribution in [0.4, 0.5) is 0 Å². The van der Waals surface area contributed by atoms with Crippen LogP contribution in [0, 0.1) is 0 Å². The number of fused-ring (bicyclic) bond motifs is 8. The van der Waals surface area contributed by atoms with Gasteiger partial charge in [0.05, 0.1) is 36.3 Å². The third-order valence-corrected chi connectivity index (χ3v) is 14.1. The quantitative estimate of drug-likeness (QED) is 0.180. The van der Waals surface area contributed by atoms with Crippen molar-refractivity contribution in [3.05, 3.63) is 127 Å². The van der Waals surface area contributed by atoms with Gasteiger partial charge in [-0.05, 0) is 71.6 Å². The van der Waals surface area contributed by atoms with Gasteiger partial charge in [0, 0.05) is 40.5 Å². The molecule has 0 bridgehead atoms. The highest BCUT2D eigenvalue weighted by Gasteiger charge is 2.36. The number of thiophene rings is 1. The van der Waals surface area contributed by atoms with E-state index in [2.05, 4.69) is 83.2 Å². The molecule has 0 N–H and O–H groups in total. The Balaban J connectivity index is 1.36. The van der Waals surface area contributed by atoms with Gasteiger partial charge in [0.15, 0.2) is 0 Å². The molecular weight excluding hydrogens is 603 g/mol. The van der Waals surface area contributed by atoms with Gasteiger partial charge < -0.3 is 4.57 Å². The SMILES string of the molecule is C=S1(=O)c2ccccc2S(=O)(=O)c2cc(-c3cccc4sc5cccc(-n6c7ccccc7c7ccccc76)c5c34)ccc21. The molecule has 0 spiro atoms. The summed E-state index contributed by atoms with van der Waals surface area (Å²) >= 11 is 1.72. The fourth-order valence-electron chi connectivity index (χ4n) is 6.80. The average molecular weight is 626 g/mol. The minimum absolute atomic E-state index is 0.0628. The second-order valence-corrected chi connectivity index (χ2v) is 16.3. The zero-order chi connectivity index (χ0) is 29.8. The minimum atomic E-state index is -3.90. The standard InChI is InChI=1S/C37H23NO3S3/c1-43(39)32-18-6-7-19-34(32)44(40,41)35-22-23(20-21-33(35)43)24-12-8-16-30-36(24)37-29(15-9-17-31(37)42-30)38-27-13-4-2-10-25(27)26-11-3-5-14-28(26)38/h2-22H,1H2. The Bertz CT molecular complexity index is 2700. The largest absolute Gasteiger partial charge is 0.309 e. The molecule has 7 heteroatoms. The normalized spacial score (nSPS) is 17.3. The maximum Gasteiger partial charge on any atom is 0.208 e. The van der Waals surface area contributed by atoms with Gasteiger partial charge in [0.1, 0.15) is 0 Å². The van der Waals surface area contributed by atoms with Crippen molar-refractivity contribution in [1.82, 2.24) is 4.57 Å². The molecule has 0 fully saturated rings. The van der Waals surface area contributed by atoms with Crippen LogP contribution >= 0.6 is 11.3 Å². The molecule has 3 heterocycles. The van der Waals surface area contributed by atoms with E-state index in [0.717, 1.165) is 48.0 Å².